The molecule has 1 atom stereocenters. The van der Waals surface area contributed by atoms with E-state index in [1.165, 1.54) is 24.0 Å². The third-order valence-corrected chi connectivity index (χ3v) is 5.98. The zero-order valence-electron chi connectivity index (χ0n) is 12.7. The molecule has 0 amide bonds. The van der Waals surface area contributed by atoms with Crippen LogP contribution in [0.1, 0.15) is 34.9 Å². The molecule has 1 aromatic heterocycles. The van der Waals surface area contributed by atoms with Gasteiger partial charge in [0.25, 0.3) is 0 Å². The largest absolute Gasteiger partial charge is 0.341 e. The van der Waals surface area contributed by atoms with Crippen LogP contribution in [-0.2, 0) is 6.42 Å². The van der Waals surface area contributed by atoms with Gasteiger partial charge in [0.1, 0.15) is 0 Å². The molecule has 1 fully saturated rings. The maximum atomic E-state index is 5.73. The van der Waals surface area contributed by atoms with Crippen molar-refractivity contribution in [2.75, 3.05) is 11.9 Å². The van der Waals surface area contributed by atoms with E-state index in [4.69, 9.17) is 12.2 Å². The number of hydrogen-bond acceptors (Lipinski definition) is 2. The highest BCUT2D eigenvalue weighted by atomic mass is 32.1. The molecule has 0 unspecified atom stereocenters. The molecule has 0 saturated heterocycles. The highest BCUT2D eigenvalue weighted by Crippen LogP contribution is 2.48. The van der Waals surface area contributed by atoms with Gasteiger partial charge in [0.2, 0.25) is 0 Å². The summed E-state index contributed by atoms with van der Waals surface area (Å²) in [5.74, 6) is 0.784. The van der Waals surface area contributed by atoms with E-state index >= 15 is 0 Å². The maximum absolute atomic E-state index is 5.73. The molecule has 22 heavy (non-hydrogen) atoms. The van der Waals surface area contributed by atoms with Crippen molar-refractivity contribution in [3.05, 3.63) is 51.7 Å². The number of thiocarbonyl (C=S) groups is 1. The maximum Gasteiger partial charge on any atom is 0.173 e. The Hall–Kier alpha value is -1.39. The average molecular weight is 329 g/mol. The van der Waals surface area contributed by atoms with E-state index in [0.29, 0.717) is 6.04 Å². The SMILES string of the molecule is Cc1ccc(NC(=S)N2CCc3sccc3[C@H]2C2CC2)cc1. The fraction of sp³-hybridized carbons (Fsp3) is 0.389. The number of nitrogens with one attached hydrogen (secondary N) is 1. The summed E-state index contributed by atoms with van der Waals surface area (Å²) in [6, 6.07) is 11.2. The van der Waals surface area contributed by atoms with Crippen LogP contribution in [-0.4, -0.2) is 16.6 Å². The van der Waals surface area contributed by atoms with Crippen molar-refractivity contribution in [2.24, 2.45) is 5.92 Å². The van der Waals surface area contributed by atoms with Crippen molar-refractivity contribution in [1.82, 2.24) is 4.90 Å². The summed E-state index contributed by atoms with van der Waals surface area (Å²) >= 11 is 7.64. The van der Waals surface area contributed by atoms with Crippen molar-refractivity contribution in [3.63, 3.8) is 0 Å². The minimum atomic E-state index is 0.487. The van der Waals surface area contributed by atoms with E-state index in [-0.39, 0.29) is 0 Å². The van der Waals surface area contributed by atoms with Crippen LogP contribution in [0, 0.1) is 12.8 Å². The van der Waals surface area contributed by atoms with Crippen molar-refractivity contribution in [3.8, 4) is 0 Å². The van der Waals surface area contributed by atoms with Gasteiger partial charge in [-0.05, 0) is 73.5 Å². The lowest BCUT2D eigenvalue weighted by atomic mass is 9.96. The number of anilines is 1. The minimum Gasteiger partial charge on any atom is -0.341 e. The minimum absolute atomic E-state index is 0.487. The third kappa shape index (κ3) is 2.66. The van der Waals surface area contributed by atoms with Gasteiger partial charge in [-0.15, -0.1) is 11.3 Å². The van der Waals surface area contributed by atoms with Gasteiger partial charge >= 0.3 is 0 Å². The van der Waals surface area contributed by atoms with E-state index in [9.17, 15) is 0 Å². The van der Waals surface area contributed by atoms with Gasteiger partial charge in [0.05, 0.1) is 6.04 Å². The molecule has 2 heterocycles. The molecule has 0 bridgehead atoms. The van der Waals surface area contributed by atoms with E-state index in [0.717, 1.165) is 29.7 Å². The van der Waals surface area contributed by atoms with E-state index in [2.05, 4.69) is 52.9 Å². The van der Waals surface area contributed by atoms with Gasteiger partial charge in [-0.3, -0.25) is 0 Å². The van der Waals surface area contributed by atoms with Crippen molar-refractivity contribution >= 4 is 34.4 Å². The summed E-state index contributed by atoms with van der Waals surface area (Å²) < 4.78 is 0. The number of benzene rings is 1. The van der Waals surface area contributed by atoms with Crippen LogP contribution in [0.4, 0.5) is 5.69 Å². The van der Waals surface area contributed by atoms with Crippen LogP contribution in [0.5, 0.6) is 0 Å². The van der Waals surface area contributed by atoms with Gasteiger partial charge in [0, 0.05) is 17.1 Å². The number of nitrogens with zero attached hydrogens (tertiary/aromatic N) is 1. The monoisotopic (exact) mass is 328 g/mol. The van der Waals surface area contributed by atoms with E-state index in [1.807, 2.05) is 11.3 Å². The number of thiophene rings is 1. The zero-order chi connectivity index (χ0) is 15.1. The molecular formula is C18H20N2S2. The molecule has 1 aliphatic carbocycles. The fourth-order valence-corrected chi connectivity index (χ4v) is 4.56. The molecule has 114 valence electrons. The highest BCUT2D eigenvalue weighted by Gasteiger charge is 2.40. The van der Waals surface area contributed by atoms with Gasteiger partial charge in [-0.25, -0.2) is 0 Å². The highest BCUT2D eigenvalue weighted by molar-refractivity contribution is 7.80. The average Bonchev–Trinajstić information content (AvgIpc) is 3.25. The fourth-order valence-electron chi connectivity index (χ4n) is 3.33. The Balaban J connectivity index is 1.56. The first-order valence-corrected chi connectivity index (χ1v) is 9.22. The second-order valence-corrected chi connectivity index (χ2v) is 7.71. The van der Waals surface area contributed by atoms with Gasteiger partial charge in [-0.2, -0.15) is 0 Å². The molecule has 2 aliphatic rings. The molecule has 1 saturated carbocycles. The Morgan fingerprint density at radius 2 is 2.00 bits per heavy atom. The Bertz CT molecular complexity index is 685. The number of rotatable bonds is 2. The summed E-state index contributed by atoms with van der Waals surface area (Å²) in [7, 11) is 0. The molecular weight excluding hydrogens is 308 g/mol. The molecule has 2 aromatic rings. The van der Waals surface area contributed by atoms with Crippen LogP contribution in [0.15, 0.2) is 35.7 Å². The van der Waals surface area contributed by atoms with Crippen molar-refractivity contribution in [1.29, 1.82) is 0 Å². The first kappa shape index (κ1) is 14.2. The topological polar surface area (TPSA) is 15.3 Å². The second kappa shape index (κ2) is 5.67. The summed E-state index contributed by atoms with van der Waals surface area (Å²) in [5.41, 5.74) is 3.88. The number of fused-ring (bicyclic) bond motifs is 1. The summed E-state index contributed by atoms with van der Waals surface area (Å²) in [6.45, 7) is 3.14. The van der Waals surface area contributed by atoms with E-state index in [1.54, 1.807) is 4.88 Å². The third-order valence-electron chi connectivity index (χ3n) is 4.65. The molecule has 0 spiro atoms. The van der Waals surface area contributed by atoms with Gasteiger partial charge in [-0.1, -0.05) is 17.7 Å². The van der Waals surface area contributed by atoms with Crippen LogP contribution >= 0.6 is 23.6 Å². The van der Waals surface area contributed by atoms with Crippen molar-refractivity contribution in [2.45, 2.75) is 32.2 Å². The molecule has 4 heteroatoms. The number of hydrogen-bond donors (Lipinski definition) is 1. The lowest BCUT2D eigenvalue weighted by Crippen LogP contribution is -2.42. The van der Waals surface area contributed by atoms with Gasteiger partial charge in [0.15, 0.2) is 5.11 Å². The molecule has 2 nitrogen and oxygen atoms in total. The molecule has 1 aromatic carbocycles. The van der Waals surface area contributed by atoms with E-state index < -0.39 is 0 Å². The van der Waals surface area contributed by atoms with Crippen LogP contribution in [0.3, 0.4) is 0 Å². The summed E-state index contributed by atoms with van der Waals surface area (Å²) in [5, 5.41) is 6.54. The quantitative estimate of drug-likeness (QED) is 0.800. The summed E-state index contributed by atoms with van der Waals surface area (Å²) in [4.78, 5) is 3.98. The smallest absolute Gasteiger partial charge is 0.173 e. The van der Waals surface area contributed by atoms with Crippen LogP contribution in [0.2, 0.25) is 0 Å². The first-order valence-electron chi connectivity index (χ1n) is 7.93. The lowest BCUT2D eigenvalue weighted by Gasteiger charge is -2.38. The number of aryl methyl sites for hydroxylation is 1. The Labute approximate surface area is 141 Å². The summed E-state index contributed by atoms with van der Waals surface area (Å²) in [6.07, 6.45) is 3.79. The van der Waals surface area contributed by atoms with Crippen LogP contribution in [0.25, 0.3) is 0 Å². The predicted molar refractivity (Wildman–Crippen MR) is 97.6 cm³/mol. The Morgan fingerprint density at radius 3 is 2.73 bits per heavy atom. The molecule has 1 N–H and O–H groups in total. The normalized spacial score (nSPS) is 20.6. The van der Waals surface area contributed by atoms with Gasteiger partial charge < -0.3 is 10.2 Å². The zero-order valence-corrected chi connectivity index (χ0v) is 14.3. The Kier molecular flexibility index (Phi) is 3.66. The van der Waals surface area contributed by atoms with Crippen molar-refractivity contribution < 1.29 is 0 Å². The molecule has 1 aliphatic heterocycles. The molecule has 4 rings (SSSR count). The first-order chi connectivity index (χ1) is 10.7. The predicted octanol–water partition coefficient (Wildman–Crippen LogP) is 4.76. The molecule has 0 radical (unpaired) electrons. The Morgan fingerprint density at radius 1 is 1.23 bits per heavy atom. The van der Waals surface area contributed by atoms with Crippen LogP contribution < -0.4 is 5.32 Å². The standard InChI is InChI=1S/C18H20N2S2/c1-12-2-6-14(7-3-12)19-18(21)20-10-8-16-15(9-11-22-16)17(20)13-4-5-13/h2-3,6-7,9,11,13,17H,4-5,8,10H2,1H3,(H,19,21)/t17-/m1/s1. The second-order valence-electron chi connectivity index (χ2n) is 6.32. The lowest BCUT2D eigenvalue weighted by molar-refractivity contribution is 0.276.